The quantitative estimate of drug-likeness (QED) is 0.313. The fourth-order valence-corrected chi connectivity index (χ4v) is 7.60. The number of nitrogens with zero attached hydrogens (tertiary/aromatic N) is 2. The van der Waals surface area contributed by atoms with Gasteiger partial charge in [-0.1, -0.05) is 132 Å². The van der Waals surface area contributed by atoms with E-state index in [2.05, 4.69) is 10.2 Å². The predicted octanol–water partition coefficient (Wildman–Crippen LogP) is 2.79. The highest BCUT2D eigenvalue weighted by atomic mass is 28.3. The van der Waals surface area contributed by atoms with Gasteiger partial charge in [0.1, 0.15) is 0 Å². The van der Waals surface area contributed by atoms with Crippen molar-refractivity contribution in [1.82, 2.24) is 0 Å². The Morgan fingerprint density at radius 3 is 0.912 bits per heavy atom. The van der Waals surface area contributed by atoms with Crippen molar-refractivity contribution in [2.24, 2.45) is 10.2 Å². The Labute approximate surface area is 201 Å². The first-order valence-corrected chi connectivity index (χ1v) is 14.0. The highest BCUT2D eigenvalue weighted by Gasteiger charge is 2.24. The van der Waals surface area contributed by atoms with Crippen molar-refractivity contribution in [3.8, 4) is 0 Å². The first kappa shape index (κ1) is 23.0. The summed E-state index contributed by atoms with van der Waals surface area (Å²) in [6, 6.07) is 38.1. The van der Waals surface area contributed by atoms with E-state index in [1.54, 1.807) is 0 Å². The van der Waals surface area contributed by atoms with Gasteiger partial charge in [-0.05, 0) is 20.7 Å². The Balaban J connectivity index is 1.47. The van der Waals surface area contributed by atoms with Crippen LogP contribution in [0.1, 0.15) is 0 Å². The van der Waals surface area contributed by atoms with Crippen LogP contribution in [0.2, 0.25) is 0 Å². The van der Waals surface area contributed by atoms with Crippen LogP contribution in [-0.2, 0) is 8.85 Å². The molecule has 6 nitrogen and oxygen atoms in total. The monoisotopic (exact) mass is 482 g/mol. The van der Waals surface area contributed by atoms with Crippen molar-refractivity contribution in [3.05, 3.63) is 121 Å². The number of hydrogen-bond donors (Lipinski definition) is 0. The number of amides is 2. The largest absolute Gasteiger partial charge is 0.495 e. The minimum absolute atomic E-state index is 0.917. The summed E-state index contributed by atoms with van der Waals surface area (Å²) in [7, 11) is -4.69. The third-order valence-corrected chi connectivity index (χ3v) is 9.90. The van der Waals surface area contributed by atoms with E-state index in [4.69, 9.17) is 8.85 Å². The van der Waals surface area contributed by atoms with Crippen LogP contribution in [0.5, 0.6) is 0 Å². The summed E-state index contributed by atoms with van der Waals surface area (Å²) in [5.41, 5.74) is 0. The standard InChI is InChI=1S/C26H22N2O4Si2/c29-25(31-33(21-13-5-1-6-14-21)22-15-7-2-8-16-22)27-28-26(30)32-34(23-17-9-3-10-18-23)24-19-11-4-12-20-24/h1-20,33-34H. The molecule has 0 spiro atoms. The number of azo groups is 1. The zero-order chi connectivity index (χ0) is 23.6. The van der Waals surface area contributed by atoms with E-state index in [1.165, 1.54) is 0 Å². The average Bonchev–Trinajstić information content (AvgIpc) is 2.91. The minimum Gasteiger partial charge on any atom is -0.495 e. The molecule has 4 rings (SSSR count). The first-order chi connectivity index (χ1) is 16.7. The lowest BCUT2D eigenvalue weighted by Gasteiger charge is -2.16. The van der Waals surface area contributed by atoms with Gasteiger partial charge in [-0.25, -0.2) is 9.59 Å². The van der Waals surface area contributed by atoms with E-state index in [0.717, 1.165) is 20.7 Å². The van der Waals surface area contributed by atoms with Crippen LogP contribution in [0.25, 0.3) is 0 Å². The van der Waals surface area contributed by atoms with Gasteiger partial charge >= 0.3 is 30.3 Å². The summed E-state index contributed by atoms with van der Waals surface area (Å²) in [6.45, 7) is 0. The van der Waals surface area contributed by atoms with Crippen LogP contribution in [0.3, 0.4) is 0 Å². The normalized spacial score (nSPS) is 11.0. The van der Waals surface area contributed by atoms with Gasteiger partial charge in [-0.2, -0.15) is 0 Å². The Hall–Kier alpha value is -4.15. The van der Waals surface area contributed by atoms with Gasteiger partial charge in [0.15, 0.2) is 0 Å². The molecule has 2 amide bonds. The Bertz CT molecular complexity index is 1060. The van der Waals surface area contributed by atoms with Crippen molar-refractivity contribution in [1.29, 1.82) is 0 Å². The van der Waals surface area contributed by atoms with E-state index in [-0.39, 0.29) is 0 Å². The molecular weight excluding hydrogens is 460 g/mol. The molecule has 0 aliphatic heterocycles. The number of rotatable bonds is 6. The van der Waals surface area contributed by atoms with Crippen LogP contribution in [-0.4, -0.2) is 30.3 Å². The highest BCUT2D eigenvalue weighted by Crippen LogP contribution is 2.00. The Kier molecular flexibility index (Phi) is 7.88. The zero-order valence-corrected chi connectivity index (χ0v) is 20.5. The molecule has 34 heavy (non-hydrogen) atoms. The van der Waals surface area contributed by atoms with Gasteiger partial charge in [0.2, 0.25) is 0 Å². The van der Waals surface area contributed by atoms with Gasteiger partial charge in [0, 0.05) is 0 Å². The van der Waals surface area contributed by atoms with Gasteiger partial charge in [0.05, 0.1) is 0 Å². The van der Waals surface area contributed by atoms with Crippen LogP contribution in [0.4, 0.5) is 9.59 Å². The van der Waals surface area contributed by atoms with Gasteiger partial charge in [-0.3, -0.25) is 0 Å². The number of carbonyl (C=O) groups is 2. The number of hydrogen-bond acceptors (Lipinski definition) is 4. The molecule has 0 radical (unpaired) electrons. The van der Waals surface area contributed by atoms with E-state index >= 15 is 0 Å². The summed E-state index contributed by atoms with van der Waals surface area (Å²) >= 11 is 0. The van der Waals surface area contributed by atoms with Gasteiger partial charge in [0.25, 0.3) is 0 Å². The molecular formula is C26H22N2O4Si2. The summed E-state index contributed by atoms with van der Waals surface area (Å²) in [6.07, 6.45) is -1.84. The molecule has 0 aromatic heterocycles. The molecule has 0 aliphatic rings. The fourth-order valence-electron chi connectivity index (χ4n) is 3.50. The summed E-state index contributed by atoms with van der Waals surface area (Å²) in [5.74, 6) is 0. The molecule has 0 fully saturated rings. The second-order valence-electron chi connectivity index (χ2n) is 7.37. The molecule has 0 atom stereocenters. The molecule has 0 saturated heterocycles. The molecule has 0 bridgehead atoms. The molecule has 8 heteroatoms. The van der Waals surface area contributed by atoms with E-state index in [1.807, 2.05) is 121 Å². The zero-order valence-electron chi connectivity index (χ0n) is 18.2. The van der Waals surface area contributed by atoms with Crippen LogP contribution >= 0.6 is 0 Å². The summed E-state index contributed by atoms with van der Waals surface area (Å²) in [5, 5.41) is 10.7. The predicted molar refractivity (Wildman–Crippen MR) is 136 cm³/mol. The molecule has 0 saturated carbocycles. The maximum absolute atomic E-state index is 12.5. The second-order valence-corrected chi connectivity index (χ2v) is 12.0. The molecule has 4 aromatic rings. The van der Waals surface area contributed by atoms with Crippen molar-refractivity contribution in [2.75, 3.05) is 0 Å². The summed E-state index contributed by atoms with van der Waals surface area (Å²) < 4.78 is 11.4. The summed E-state index contributed by atoms with van der Waals surface area (Å²) in [4.78, 5) is 25.0. The lowest BCUT2D eigenvalue weighted by atomic mass is 10.4. The lowest BCUT2D eigenvalue weighted by molar-refractivity contribution is 0.202. The van der Waals surface area contributed by atoms with E-state index in [0.29, 0.717) is 0 Å². The van der Waals surface area contributed by atoms with Crippen molar-refractivity contribution >= 4 is 51.0 Å². The number of carbonyl (C=O) groups excluding carboxylic acids is 2. The maximum atomic E-state index is 12.5. The fraction of sp³-hybridized carbons (Fsp3) is 0. The third kappa shape index (κ3) is 6.21. The Morgan fingerprint density at radius 1 is 0.441 bits per heavy atom. The molecule has 4 aromatic carbocycles. The minimum atomic E-state index is -2.34. The lowest BCUT2D eigenvalue weighted by Crippen LogP contribution is -2.46. The smallest absolute Gasteiger partial charge is 0.439 e. The topological polar surface area (TPSA) is 77.3 Å². The van der Waals surface area contributed by atoms with E-state index in [9.17, 15) is 9.59 Å². The van der Waals surface area contributed by atoms with Gasteiger partial charge < -0.3 is 8.85 Å². The average molecular weight is 483 g/mol. The van der Waals surface area contributed by atoms with E-state index < -0.39 is 30.3 Å². The second kappa shape index (κ2) is 11.6. The molecule has 0 aliphatic carbocycles. The van der Waals surface area contributed by atoms with Crippen molar-refractivity contribution in [2.45, 2.75) is 0 Å². The first-order valence-electron chi connectivity index (χ1n) is 10.7. The van der Waals surface area contributed by atoms with Crippen LogP contribution < -0.4 is 20.7 Å². The molecule has 168 valence electrons. The molecule has 0 unspecified atom stereocenters. The highest BCUT2D eigenvalue weighted by molar-refractivity contribution is 6.81. The van der Waals surface area contributed by atoms with Crippen LogP contribution in [0, 0.1) is 0 Å². The maximum Gasteiger partial charge on any atom is 0.439 e. The molecule has 0 N–H and O–H groups in total. The molecule has 0 heterocycles. The van der Waals surface area contributed by atoms with Crippen molar-refractivity contribution < 1.29 is 18.4 Å². The van der Waals surface area contributed by atoms with Crippen LogP contribution in [0.15, 0.2) is 132 Å². The third-order valence-electron chi connectivity index (χ3n) is 5.06. The SMILES string of the molecule is O=C(N=NC(=O)O[SiH](c1ccccc1)c1ccccc1)O[SiH](c1ccccc1)c1ccccc1. The Morgan fingerprint density at radius 2 is 0.676 bits per heavy atom. The number of benzene rings is 4. The van der Waals surface area contributed by atoms with Crippen molar-refractivity contribution in [3.63, 3.8) is 0 Å². The van der Waals surface area contributed by atoms with Gasteiger partial charge in [-0.15, -0.1) is 0 Å².